The fourth-order valence-corrected chi connectivity index (χ4v) is 1.90. The normalized spacial score (nSPS) is 15.3. The molecule has 0 radical (unpaired) electrons. The van der Waals surface area contributed by atoms with E-state index < -0.39 is 0 Å². The zero-order valence-electron chi connectivity index (χ0n) is 9.30. The minimum Gasteiger partial charge on any atom is -0.366 e. The molecule has 1 atom stereocenters. The second-order valence-corrected chi connectivity index (χ2v) is 3.80. The van der Waals surface area contributed by atoms with Crippen LogP contribution in [0.25, 0.3) is 0 Å². The highest BCUT2D eigenvalue weighted by molar-refractivity contribution is 6.20. The van der Waals surface area contributed by atoms with Crippen LogP contribution in [0.3, 0.4) is 0 Å². The summed E-state index contributed by atoms with van der Waals surface area (Å²) in [7, 11) is 3.93. The minimum atomic E-state index is -0.388. The van der Waals surface area contributed by atoms with E-state index in [1.165, 1.54) is 0 Å². The van der Waals surface area contributed by atoms with Crippen LogP contribution in [0.1, 0.15) is 20.3 Å². The average Bonchev–Trinajstić information content (AvgIpc) is 2.11. The van der Waals surface area contributed by atoms with Crippen molar-refractivity contribution in [2.45, 2.75) is 26.3 Å². The molecule has 1 unspecified atom stereocenters. The predicted octanol–water partition coefficient (Wildman–Crippen LogP) is 1.37. The van der Waals surface area contributed by atoms with Crippen LogP contribution in [0, 0.1) is 0 Å². The van der Waals surface area contributed by atoms with Crippen LogP contribution in [0.15, 0.2) is 11.1 Å². The Morgan fingerprint density at radius 1 is 1.50 bits per heavy atom. The molecule has 0 aromatic rings. The second-order valence-electron chi connectivity index (χ2n) is 3.54. The van der Waals surface area contributed by atoms with Gasteiger partial charge >= 0.3 is 0 Å². The van der Waals surface area contributed by atoms with E-state index in [0.717, 1.165) is 12.0 Å². The summed E-state index contributed by atoms with van der Waals surface area (Å²) >= 11 is 5.83. The van der Waals surface area contributed by atoms with Crippen LogP contribution in [0.5, 0.6) is 0 Å². The summed E-state index contributed by atoms with van der Waals surface area (Å²) in [6, 6.07) is 0.194. The van der Waals surface area contributed by atoms with Crippen LogP contribution < -0.4 is 5.73 Å². The van der Waals surface area contributed by atoms with Crippen molar-refractivity contribution in [1.82, 2.24) is 4.90 Å². The lowest BCUT2D eigenvalue weighted by Gasteiger charge is -2.26. The van der Waals surface area contributed by atoms with Gasteiger partial charge in [0, 0.05) is 17.5 Å². The number of nitrogens with two attached hydrogens (primary N) is 1. The highest BCUT2D eigenvalue weighted by atomic mass is 35.5. The predicted molar refractivity (Wildman–Crippen MR) is 60.4 cm³/mol. The van der Waals surface area contributed by atoms with Gasteiger partial charge in [-0.05, 0) is 33.0 Å². The third-order valence-electron chi connectivity index (χ3n) is 2.41. The van der Waals surface area contributed by atoms with Gasteiger partial charge < -0.3 is 10.6 Å². The molecule has 0 aromatic carbocycles. The van der Waals surface area contributed by atoms with E-state index in [9.17, 15) is 4.79 Å². The molecular weight excluding hydrogens is 200 g/mol. The molecule has 2 N–H and O–H groups in total. The van der Waals surface area contributed by atoms with Crippen molar-refractivity contribution in [2.24, 2.45) is 5.73 Å². The van der Waals surface area contributed by atoms with Gasteiger partial charge in [0.25, 0.3) is 0 Å². The molecule has 1 amide bonds. The maximum atomic E-state index is 11.0. The van der Waals surface area contributed by atoms with Crippen LogP contribution in [-0.4, -0.2) is 36.8 Å². The zero-order valence-corrected chi connectivity index (χ0v) is 10.1. The van der Waals surface area contributed by atoms with Crippen LogP contribution in [0.4, 0.5) is 0 Å². The van der Waals surface area contributed by atoms with Crippen molar-refractivity contribution < 1.29 is 4.79 Å². The number of rotatable bonds is 5. The molecule has 0 saturated carbocycles. The number of likely N-dealkylation sites (N-methyl/N-ethyl adjacent to an activating group) is 1. The molecule has 4 heteroatoms. The smallest absolute Gasteiger partial charge is 0.244 e. The lowest BCUT2D eigenvalue weighted by Crippen LogP contribution is -2.32. The SMILES string of the molecule is CCC(/C(CCl)=C(\C)C(N)=O)N(C)C. The average molecular weight is 219 g/mol. The molecule has 0 aliphatic heterocycles. The van der Waals surface area contributed by atoms with Crippen molar-refractivity contribution in [3.8, 4) is 0 Å². The Morgan fingerprint density at radius 3 is 2.21 bits per heavy atom. The Labute approximate surface area is 90.9 Å². The van der Waals surface area contributed by atoms with Crippen LogP contribution in [-0.2, 0) is 4.79 Å². The zero-order chi connectivity index (χ0) is 11.3. The van der Waals surface area contributed by atoms with Crippen molar-refractivity contribution in [3.05, 3.63) is 11.1 Å². The standard InChI is InChI=1S/C10H19ClN2O/c1-5-9(13(3)4)8(6-11)7(2)10(12)14/h9H,5-6H2,1-4H3,(H2,12,14)/b8-7+. The van der Waals surface area contributed by atoms with Crippen molar-refractivity contribution in [1.29, 1.82) is 0 Å². The molecule has 82 valence electrons. The fourth-order valence-electron chi connectivity index (χ4n) is 1.52. The fraction of sp³-hybridized carbons (Fsp3) is 0.700. The maximum absolute atomic E-state index is 11.0. The Morgan fingerprint density at radius 2 is 2.00 bits per heavy atom. The highest BCUT2D eigenvalue weighted by Crippen LogP contribution is 2.17. The van der Waals surface area contributed by atoms with Gasteiger partial charge in [0.15, 0.2) is 0 Å². The van der Waals surface area contributed by atoms with Gasteiger partial charge in [-0.25, -0.2) is 0 Å². The number of carbonyl (C=O) groups excluding carboxylic acids is 1. The van der Waals surface area contributed by atoms with E-state index in [1.54, 1.807) is 6.92 Å². The molecule has 0 saturated heterocycles. The van der Waals surface area contributed by atoms with Gasteiger partial charge in [0.1, 0.15) is 0 Å². The number of nitrogens with zero attached hydrogens (tertiary/aromatic N) is 1. The topological polar surface area (TPSA) is 46.3 Å². The second kappa shape index (κ2) is 6.04. The van der Waals surface area contributed by atoms with E-state index >= 15 is 0 Å². The summed E-state index contributed by atoms with van der Waals surface area (Å²) in [4.78, 5) is 13.1. The number of halogens is 1. The van der Waals surface area contributed by atoms with E-state index in [1.807, 2.05) is 19.0 Å². The Hall–Kier alpha value is -0.540. The van der Waals surface area contributed by atoms with Gasteiger partial charge in [0.05, 0.1) is 0 Å². The van der Waals surface area contributed by atoms with Crippen LogP contribution in [0.2, 0.25) is 0 Å². The summed E-state index contributed by atoms with van der Waals surface area (Å²) in [5.74, 6) is -0.0354. The molecule has 0 aliphatic carbocycles. The van der Waals surface area contributed by atoms with Crippen molar-refractivity contribution in [3.63, 3.8) is 0 Å². The molecule has 14 heavy (non-hydrogen) atoms. The van der Waals surface area contributed by atoms with Gasteiger partial charge in [-0.15, -0.1) is 11.6 Å². The lowest BCUT2D eigenvalue weighted by atomic mass is 10.00. The number of hydrogen-bond donors (Lipinski definition) is 1. The molecule has 0 bridgehead atoms. The molecule has 0 rings (SSSR count). The number of alkyl halides is 1. The Kier molecular flexibility index (Phi) is 5.81. The first-order chi connectivity index (χ1) is 6.45. The monoisotopic (exact) mass is 218 g/mol. The molecule has 0 fully saturated rings. The number of primary amides is 1. The quantitative estimate of drug-likeness (QED) is 0.560. The summed E-state index contributed by atoms with van der Waals surface area (Å²) in [6.45, 7) is 3.79. The summed E-state index contributed by atoms with van der Waals surface area (Å²) in [6.07, 6.45) is 0.916. The molecule has 0 aliphatic rings. The summed E-state index contributed by atoms with van der Waals surface area (Å²) in [5.41, 5.74) is 6.74. The number of hydrogen-bond acceptors (Lipinski definition) is 2. The van der Waals surface area contributed by atoms with E-state index in [4.69, 9.17) is 17.3 Å². The third kappa shape index (κ3) is 3.31. The summed E-state index contributed by atoms with van der Waals surface area (Å²) in [5, 5.41) is 0. The molecule has 0 spiro atoms. The van der Waals surface area contributed by atoms with Gasteiger partial charge in [-0.2, -0.15) is 0 Å². The molecular formula is C10H19ClN2O. The summed E-state index contributed by atoms with van der Waals surface area (Å²) < 4.78 is 0. The molecule has 3 nitrogen and oxygen atoms in total. The van der Waals surface area contributed by atoms with Crippen molar-refractivity contribution >= 4 is 17.5 Å². The minimum absolute atomic E-state index is 0.194. The van der Waals surface area contributed by atoms with E-state index in [0.29, 0.717) is 11.5 Å². The number of amides is 1. The maximum Gasteiger partial charge on any atom is 0.244 e. The lowest BCUT2D eigenvalue weighted by molar-refractivity contribution is -0.114. The van der Waals surface area contributed by atoms with Crippen molar-refractivity contribution in [2.75, 3.05) is 20.0 Å². The first-order valence-electron chi connectivity index (χ1n) is 4.67. The van der Waals surface area contributed by atoms with Gasteiger partial charge in [0.2, 0.25) is 5.91 Å². The van der Waals surface area contributed by atoms with E-state index in [2.05, 4.69) is 6.92 Å². The van der Waals surface area contributed by atoms with E-state index in [-0.39, 0.29) is 11.9 Å². The molecule has 0 heterocycles. The first kappa shape index (κ1) is 13.5. The largest absolute Gasteiger partial charge is 0.366 e. The third-order valence-corrected chi connectivity index (χ3v) is 2.70. The Balaban J connectivity index is 5.03. The van der Waals surface area contributed by atoms with Crippen LogP contribution >= 0.6 is 11.6 Å². The Bertz CT molecular complexity index is 236. The first-order valence-corrected chi connectivity index (χ1v) is 5.20. The molecule has 0 aromatic heterocycles. The number of carbonyl (C=O) groups is 1. The van der Waals surface area contributed by atoms with Gasteiger partial charge in [-0.1, -0.05) is 6.92 Å². The highest BCUT2D eigenvalue weighted by Gasteiger charge is 2.18. The van der Waals surface area contributed by atoms with Gasteiger partial charge in [-0.3, -0.25) is 4.79 Å².